The first-order valence-corrected chi connectivity index (χ1v) is 7.20. The Bertz CT molecular complexity index is 230. The smallest absolute Gasteiger partial charge is 0.237 e. The van der Waals surface area contributed by atoms with Crippen molar-refractivity contribution in [2.24, 2.45) is 5.73 Å². The van der Waals surface area contributed by atoms with Crippen LogP contribution in [0.1, 0.15) is 32.1 Å². The molecule has 16 heavy (non-hydrogen) atoms. The fourth-order valence-electron chi connectivity index (χ4n) is 2.10. The van der Waals surface area contributed by atoms with E-state index in [9.17, 15) is 9.90 Å². The lowest BCUT2D eigenvalue weighted by molar-refractivity contribution is -0.124. The molecule has 0 aromatic carbocycles. The van der Waals surface area contributed by atoms with Crippen molar-refractivity contribution in [3.8, 4) is 0 Å². The summed E-state index contributed by atoms with van der Waals surface area (Å²) in [6.45, 7) is 0.0218. The molecule has 0 saturated heterocycles. The third-order valence-electron chi connectivity index (χ3n) is 3.22. The number of thioether (sulfide) groups is 1. The van der Waals surface area contributed by atoms with Crippen molar-refractivity contribution in [3.63, 3.8) is 0 Å². The average Bonchev–Trinajstić information content (AvgIpc) is 2.75. The SMILES string of the molecule is CSCC[C@@H](N)C(=O)NC1(CO)CCCC1. The van der Waals surface area contributed by atoms with Crippen molar-refractivity contribution in [1.29, 1.82) is 0 Å². The van der Waals surface area contributed by atoms with E-state index < -0.39 is 11.6 Å². The van der Waals surface area contributed by atoms with Crippen LogP contribution in [0.25, 0.3) is 0 Å². The van der Waals surface area contributed by atoms with E-state index in [4.69, 9.17) is 5.73 Å². The number of carbonyl (C=O) groups is 1. The number of hydrogen-bond donors (Lipinski definition) is 3. The Kier molecular flexibility index (Phi) is 5.58. The van der Waals surface area contributed by atoms with Crippen LogP contribution in [-0.2, 0) is 4.79 Å². The predicted molar refractivity (Wildman–Crippen MR) is 67.4 cm³/mol. The Morgan fingerprint density at radius 3 is 2.69 bits per heavy atom. The van der Waals surface area contributed by atoms with Gasteiger partial charge in [-0.2, -0.15) is 11.8 Å². The van der Waals surface area contributed by atoms with Gasteiger partial charge in [-0.15, -0.1) is 0 Å². The highest BCUT2D eigenvalue weighted by Gasteiger charge is 2.35. The number of nitrogens with one attached hydrogen (secondary N) is 1. The van der Waals surface area contributed by atoms with E-state index in [-0.39, 0.29) is 12.5 Å². The van der Waals surface area contributed by atoms with Crippen molar-refractivity contribution < 1.29 is 9.90 Å². The highest BCUT2D eigenvalue weighted by atomic mass is 32.2. The van der Waals surface area contributed by atoms with Gasteiger partial charge >= 0.3 is 0 Å². The van der Waals surface area contributed by atoms with E-state index in [0.29, 0.717) is 6.42 Å². The van der Waals surface area contributed by atoms with E-state index in [1.807, 2.05) is 6.26 Å². The Morgan fingerprint density at radius 1 is 1.56 bits per heavy atom. The maximum absolute atomic E-state index is 11.8. The summed E-state index contributed by atoms with van der Waals surface area (Å²) < 4.78 is 0. The van der Waals surface area contributed by atoms with Gasteiger partial charge in [0.2, 0.25) is 5.91 Å². The van der Waals surface area contributed by atoms with Crippen molar-refractivity contribution in [2.45, 2.75) is 43.7 Å². The second kappa shape index (κ2) is 6.47. The van der Waals surface area contributed by atoms with Gasteiger partial charge in [-0.25, -0.2) is 0 Å². The third kappa shape index (κ3) is 3.64. The van der Waals surface area contributed by atoms with Crippen LogP contribution in [0.3, 0.4) is 0 Å². The molecule has 1 atom stereocenters. The zero-order chi connectivity index (χ0) is 12.0. The molecule has 0 aliphatic heterocycles. The summed E-state index contributed by atoms with van der Waals surface area (Å²) in [5, 5.41) is 12.3. The highest BCUT2D eigenvalue weighted by Crippen LogP contribution is 2.29. The van der Waals surface area contributed by atoms with Crippen LogP contribution in [0.15, 0.2) is 0 Å². The van der Waals surface area contributed by atoms with Gasteiger partial charge < -0.3 is 16.2 Å². The van der Waals surface area contributed by atoms with Gasteiger partial charge in [-0.3, -0.25) is 4.79 Å². The highest BCUT2D eigenvalue weighted by molar-refractivity contribution is 7.98. The fourth-order valence-corrected chi connectivity index (χ4v) is 2.59. The van der Waals surface area contributed by atoms with Crippen LogP contribution in [-0.4, -0.2) is 41.2 Å². The first kappa shape index (κ1) is 13.8. The Hall–Kier alpha value is -0.260. The molecule has 1 rings (SSSR count). The topological polar surface area (TPSA) is 75.4 Å². The Labute approximate surface area is 101 Å². The van der Waals surface area contributed by atoms with Gasteiger partial charge in [-0.05, 0) is 31.3 Å². The normalized spacial score (nSPS) is 20.7. The summed E-state index contributed by atoms with van der Waals surface area (Å²) in [6, 6.07) is -0.448. The van der Waals surface area contributed by atoms with Gasteiger partial charge in [0.15, 0.2) is 0 Å². The molecular formula is C11H22N2O2S. The van der Waals surface area contributed by atoms with Crippen LogP contribution >= 0.6 is 11.8 Å². The summed E-state index contributed by atoms with van der Waals surface area (Å²) in [7, 11) is 0. The largest absolute Gasteiger partial charge is 0.394 e. The molecule has 0 bridgehead atoms. The van der Waals surface area contributed by atoms with Crippen molar-refractivity contribution in [3.05, 3.63) is 0 Å². The standard InChI is InChI=1S/C11H22N2O2S/c1-16-7-4-9(12)10(15)13-11(8-14)5-2-3-6-11/h9,14H,2-8,12H2,1H3,(H,13,15)/t9-/m1/s1. The molecule has 94 valence electrons. The van der Waals surface area contributed by atoms with Crippen LogP contribution in [0, 0.1) is 0 Å². The Balaban J connectivity index is 2.42. The zero-order valence-electron chi connectivity index (χ0n) is 9.87. The molecule has 0 aromatic rings. The van der Waals surface area contributed by atoms with Crippen molar-refractivity contribution >= 4 is 17.7 Å². The van der Waals surface area contributed by atoms with Crippen molar-refractivity contribution in [2.75, 3.05) is 18.6 Å². The molecule has 1 amide bonds. The number of aliphatic hydroxyl groups excluding tert-OH is 1. The second-order valence-corrected chi connectivity index (χ2v) is 5.51. The molecule has 1 aliphatic rings. The fraction of sp³-hybridized carbons (Fsp3) is 0.909. The van der Waals surface area contributed by atoms with E-state index in [0.717, 1.165) is 31.4 Å². The van der Waals surface area contributed by atoms with Crippen LogP contribution in [0.4, 0.5) is 0 Å². The molecule has 1 aliphatic carbocycles. The second-order valence-electron chi connectivity index (χ2n) is 4.52. The van der Waals surface area contributed by atoms with Gasteiger partial charge in [0, 0.05) is 0 Å². The van der Waals surface area contributed by atoms with Gasteiger partial charge in [0.05, 0.1) is 18.2 Å². The number of nitrogens with two attached hydrogens (primary N) is 1. The molecule has 1 saturated carbocycles. The average molecular weight is 246 g/mol. The van der Waals surface area contributed by atoms with Crippen LogP contribution in [0.5, 0.6) is 0 Å². The molecule has 0 aromatic heterocycles. The minimum Gasteiger partial charge on any atom is -0.394 e. The lowest BCUT2D eigenvalue weighted by Crippen LogP contribution is -2.54. The van der Waals surface area contributed by atoms with E-state index >= 15 is 0 Å². The quantitative estimate of drug-likeness (QED) is 0.637. The van der Waals surface area contributed by atoms with Crippen LogP contribution in [0.2, 0.25) is 0 Å². The summed E-state index contributed by atoms with van der Waals surface area (Å²) in [5.41, 5.74) is 5.39. The first-order chi connectivity index (χ1) is 7.63. The molecule has 1 fully saturated rings. The molecular weight excluding hydrogens is 224 g/mol. The first-order valence-electron chi connectivity index (χ1n) is 5.81. The monoisotopic (exact) mass is 246 g/mol. The number of rotatable bonds is 6. The molecule has 0 spiro atoms. The summed E-state index contributed by atoms with van der Waals surface area (Å²) in [4.78, 5) is 11.8. The lowest BCUT2D eigenvalue weighted by atomic mass is 9.98. The molecule has 0 heterocycles. The maximum Gasteiger partial charge on any atom is 0.237 e. The van der Waals surface area contributed by atoms with E-state index in [2.05, 4.69) is 5.32 Å². The van der Waals surface area contributed by atoms with Gasteiger partial charge in [0.1, 0.15) is 0 Å². The number of aliphatic hydroxyl groups is 1. The van der Waals surface area contributed by atoms with Gasteiger partial charge in [0.25, 0.3) is 0 Å². The summed E-state index contributed by atoms with van der Waals surface area (Å²) in [5.74, 6) is 0.769. The van der Waals surface area contributed by atoms with Crippen molar-refractivity contribution in [1.82, 2.24) is 5.32 Å². The van der Waals surface area contributed by atoms with Crippen LogP contribution < -0.4 is 11.1 Å². The Morgan fingerprint density at radius 2 is 2.19 bits per heavy atom. The third-order valence-corrected chi connectivity index (χ3v) is 3.87. The molecule has 4 nitrogen and oxygen atoms in total. The minimum atomic E-state index is -0.448. The van der Waals surface area contributed by atoms with E-state index in [1.54, 1.807) is 11.8 Å². The van der Waals surface area contributed by atoms with E-state index in [1.165, 1.54) is 0 Å². The van der Waals surface area contributed by atoms with Gasteiger partial charge in [-0.1, -0.05) is 12.8 Å². The molecule has 5 heteroatoms. The zero-order valence-corrected chi connectivity index (χ0v) is 10.7. The lowest BCUT2D eigenvalue weighted by Gasteiger charge is -2.29. The predicted octanol–water partition coefficient (Wildman–Crippen LogP) is 0.488. The summed E-state index contributed by atoms with van der Waals surface area (Å²) in [6.07, 6.45) is 6.56. The number of amides is 1. The summed E-state index contributed by atoms with van der Waals surface area (Å²) >= 11 is 1.69. The molecule has 4 N–H and O–H groups in total. The molecule has 0 unspecified atom stereocenters. The number of carbonyl (C=O) groups excluding carboxylic acids is 1. The number of hydrogen-bond acceptors (Lipinski definition) is 4. The maximum atomic E-state index is 11.8. The minimum absolute atomic E-state index is 0.0218. The molecule has 0 radical (unpaired) electrons.